The molecule has 34 heavy (non-hydrogen) atoms. The minimum absolute atomic E-state index is 0.205. The summed E-state index contributed by atoms with van der Waals surface area (Å²) in [5.41, 5.74) is 1.27. The van der Waals surface area contributed by atoms with Crippen molar-refractivity contribution in [2.45, 2.75) is 51.4 Å². The number of ether oxygens (including phenoxy) is 1. The van der Waals surface area contributed by atoms with Gasteiger partial charge in [0.05, 0.1) is 17.9 Å². The minimum atomic E-state index is -0.454. The van der Waals surface area contributed by atoms with E-state index in [1.165, 1.54) is 30.2 Å². The van der Waals surface area contributed by atoms with Gasteiger partial charge in [0.2, 0.25) is 5.82 Å². The van der Waals surface area contributed by atoms with Gasteiger partial charge in [-0.2, -0.15) is 5.21 Å². The predicted molar refractivity (Wildman–Crippen MR) is 131 cm³/mol. The van der Waals surface area contributed by atoms with E-state index in [4.69, 9.17) is 4.74 Å². The molecule has 3 aromatic heterocycles. The van der Waals surface area contributed by atoms with Crippen LogP contribution >= 0.6 is 11.3 Å². The number of hydrogen-bond acceptors (Lipinski definition) is 6. The topological polar surface area (TPSA) is 96.6 Å². The second kappa shape index (κ2) is 9.89. The van der Waals surface area contributed by atoms with Gasteiger partial charge in [-0.3, -0.25) is 4.79 Å². The third-order valence-corrected chi connectivity index (χ3v) is 7.25. The Morgan fingerprint density at radius 2 is 2.00 bits per heavy atom. The SMILES string of the molecule is CCCCCCOc1ccc(-c2cc(-c3ccc(C4CC4)s3)c(-c3nn[nH]n3)c(=O)[nH]2)c(F)c1. The van der Waals surface area contributed by atoms with Crippen LogP contribution in [0.15, 0.2) is 41.2 Å². The molecule has 3 heterocycles. The Morgan fingerprint density at radius 3 is 2.74 bits per heavy atom. The highest BCUT2D eigenvalue weighted by molar-refractivity contribution is 7.15. The fourth-order valence-electron chi connectivity index (χ4n) is 4.00. The minimum Gasteiger partial charge on any atom is -0.493 e. The van der Waals surface area contributed by atoms with Crippen LogP contribution in [0, 0.1) is 5.82 Å². The molecule has 0 bridgehead atoms. The van der Waals surface area contributed by atoms with Crippen LogP contribution in [0.1, 0.15) is 56.2 Å². The monoisotopic (exact) mass is 479 g/mol. The van der Waals surface area contributed by atoms with Crippen molar-refractivity contribution in [2.24, 2.45) is 0 Å². The van der Waals surface area contributed by atoms with E-state index in [1.807, 2.05) is 6.07 Å². The molecule has 0 saturated heterocycles. The van der Waals surface area contributed by atoms with Gasteiger partial charge in [0.1, 0.15) is 11.6 Å². The van der Waals surface area contributed by atoms with Gasteiger partial charge in [0, 0.05) is 26.9 Å². The number of unbranched alkanes of at least 4 members (excludes halogenated alkanes) is 3. The van der Waals surface area contributed by atoms with E-state index in [-0.39, 0.29) is 5.82 Å². The number of nitrogens with one attached hydrogen (secondary N) is 2. The normalized spacial score (nSPS) is 13.4. The summed E-state index contributed by atoms with van der Waals surface area (Å²) in [5, 5.41) is 14.0. The third kappa shape index (κ3) is 4.79. The Kier molecular flexibility index (Phi) is 6.53. The Morgan fingerprint density at radius 1 is 1.12 bits per heavy atom. The molecule has 0 atom stereocenters. The van der Waals surface area contributed by atoms with Crippen LogP contribution in [0.2, 0.25) is 0 Å². The van der Waals surface area contributed by atoms with Crippen LogP contribution in [0.25, 0.3) is 33.1 Å². The highest BCUT2D eigenvalue weighted by atomic mass is 32.1. The number of aromatic amines is 2. The number of halogens is 1. The van der Waals surface area contributed by atoms with Crippen molar-refractivity contribution in [3.8, 4) is 38.8 Å². The number of tetrazole rings is 1. The van der Waals surface area contributed by atoms with Gasteiger partial charge in [-0.05, 0) is 60.7 Å². The maximum absolute atomic E-state index is 15.1. The number of H-pyrrole nitrogens is 2. The average Bonchev–Trinajstić information content (AvgIpc) is 3.31. The molecule has 2 N–H and O–H groups in total. The first-order valence-corrected chi connectivity index (χ1v) is 12.5. The lowest BCUT2D eigenvalue weighted by Gasteiger charge is -2.11. The molecular weight excluding hydrogens is 453 g/mol. The smallest absolute Gasteiger partial charge is 0.260 e. The summed E-state index contributed by atoms with van der Waals surface area (Å²) in [5.74, 6) is 0.832. The van der Waals surface area contributed by atoms with Crippen LogP contribution in [0.3, 0.4) is 0 Å². The van der Waals surface area contributed by atoms with Gasteiger partial charge >= 0.3 is 0 Å². The summed E-state index contributed by atoms with van der Waals surface area (Å²) >= 11 is 1.65. The summed E-state index contributed by atoms with van der Waals surface area (Å²) in [6.45, 7) is 2.71. The molecule has 9 heteroatoms. The third-order valence-electron chi connectivity index (χ3n) is 5.97. The summed E-state index contributed by atoms with van der Waals surface area (Å²) in [6.07, 6.45) is 6.74. The van der Waals surface area contributed by atoms with E-state index in [0.29, 0.717) is 40.7 Å². The first-order chi connectivity index (χ1) is 16.6. The van der Waals surface area contributed by atoms with E-state index in [1.54, 1.807) is 29.5 Å². The molecule has 1 fully saturated rings. The van der Waals surface area contributed by atoms with Crippen molar-refractivity contribution in [3.63, 3.8) is 0 Å². The molecule has 0 spiro atoms. The quantitative estimate of drug-likeness (QED) is 0.275. The fourth-order valence-corrected chi connectivity index (χ4v) is 5.20. The number of nitrogens with zero attached hydrogens (tertiary/aromatic N) is 3. The van der Waals surface area contributed by atoms with E-state index in [2.05, 4.69) is 38.6 Å². The van der Waals surface area contributed by atoms with E-state index >= 15 is 4.39 Å². The molecule has 0 aliphatic heterocycles. The van der Waals surface area contributed by atoms with E-state index < -0.39 is 11.4 Å². The van der Waals surface area contributed by atoms with Crippen molar-refractivity contribution in [1.29, 1.82) is 0 Å². The van der Waals surface area contributed by atoms with Gasteiger partial charge in [0.25, 0.3) is 5.56 Å². The standard InChI is InChI=1S/C25H26FN5O2S/c1-2-3-4-5-12-33-16-8-9-17(19(26)13-16)20-14-18(22-11-10-21(34-22)15-6-7-15)23(25(32)27-20)24-28-30-31-29-24/h8-11,13-15H,2-7,12H2,1H3,(H,27,32)(H,28,29,30,31). The molecule has 7 nitrogen and oxygen atoms in total. The molecule has 176 valence electrons. The van der Waals surface area contributed by atoms with Crippen LogP contribution in [-0.4, -0.2) is 32.2 Å². The zero-order chi connectivity index (χ0) is 23.5. The van der Waals surface area contributed by atoms with Crippen molar-refractivity contribution >= 4 is 11.3 Å². The summed E-state index contributed by atoms with van der Waals surface area (Å²) in [7, 11) is 0. The molecule has 1 saturated carbocycles. The molecular formula is C25H26FN5O2S. The Hall–Kier alpha value is -3.33. The van der Waals surface area contributed by atoms with Crippen LogP contribution in [-0.2, 0) is 0 Å². The summed E-state index contributed by atoms with van der Waals surface area (Å²) < 4.78 is 20.8. The number of aromatic nitrogens is 5. The van der Waals surface area contributed by atoms with Crippen LogP contribution in [0.4, 0.5) is 4.39 Å². The Bertz CT molecular complexity index is 1330. The lowest BCUT2D eigenvalue weighted by Crippen LogP contribution is -2.13. The number of rotatable bonds is 10. The molecule has 4 aromatic rings. The molecule has 0 unspecified atom stereocenters. The van der Waals surface area contributed by atoms with Crippen molar-refractivity contribution in [2.75, 3.05) is 6.61 Å². The fraction of sp³-hybridized carbons (Fsp3) is 0.360. The summed E-state index contributed by atoms with van der Waals surface area (Å²) in [4.78, 5) is 18.2. The molecule has 1 aromatic carbocycles. The second-order valence-electron chi connectivity index (χ2n) is 8.56. The van der Waals surface area contributed by atoms with Crippen molar-refractivity contribution in [3.05, 3.63) is 57.4 Å². The van der Waals surface area contributed by atoms with E-state index in [9.17, 15) is 4.79 Å². The highest BCUT2D eigenvalue weighted by Crippen LogP contribution is 2.46. The largest absolute Gasteiger partial charge is 0.493 e. The number of pyridine rings is 1. The molecule has 1 aliphatic rings. The number of thiophene rings is 1. The van der Waals surface area contributed by atoms with Crippen LogP contribution in [0.5, 0.6) is 5.75 Å². The zero-order valence-electron chi connectivity index (χ0n) is 18.9. The van der Waals surface area contributed by atoms with Gasteiger partial charge in [-0.15, -0.1) is 21.5 Å². The lowest BCUT2D eigenvalue weighted by molar-refractivity contribution is 0.303. The molecule has 0 amide bonds. The summed E-state index contributed by atoms with van der Waals surface area (Å²) in [6, 6.07) is 10.7. The average molecular weight is 480 g/mol. The molecule has 5 rings (SSSR count). The Balaban J connectivity index is 1.49. The van der Waals surface area contributed by atoms with Gasteiger partial charge < -0.3 is 9.72 Å². The first kappa shape index (κ1) is 22.5. The van der Waals surface area contributed by atoms with Crippen LogP contribution < -0.4 is 10.3 Å². The predicted octanol–water partition coefficient (Wildman–Crippen LogP) is 5.93. The lowest BCUT2D eigenvalue weighted by atomic mass is 10.0. The van der Waals surface area contributed by atoms with Crippen molar-refractivity contribution < 1.29 is 9.13 Å². The number of hydrogen-bond donors (Lipinski definition) is 2. The van der Waals surface area contributed by atoms with E-state index in [0.717, 1.165) is 24.1 Å². The Labute approximate surface area is 200 Å². The highest BCUT2D eigenvalue weighted by Gasteiger charge is 2.26. The number of benzene rings is 1. The zero-order valence-corrected chi connectivity index (χ0v) is 19.8. The van der Waals surface area contributed by atoms with Crippen molar-refractivity contribution in [1.82, 2.24) is 25.6 Å². The van der Waals surface area contributed by atoms with Gasteiger partial charge in [0.15, 0.2) is 0 Å². The first-order valence-electron chi connectivity index (χ1n) is 11.7. The maximum Gasteiger partial charge on any atom is 0.260 e. The van der Waals surface area contributed by atoms with Gasteiger partial charge in [-0.25, -0.2) is 4.39 Å². The van der Waals surface area contributed by atoms with Gasteiger partial charge in [-0.1, -0.05) is 26.2 Å². The maximum atomic E-state index is 15.1. The molecule has 1 aliphatic carbocycles. The second-order valence-corrected chi connectivity index (χ2v) is 9.68. The molecule has 0 radical (unpaired) electrons.